The second kappa shape index (κ2) is 5.64. The maximum absolute atomic E-state index is 4.54. The summed E-state index contributed by atoms with van der Waals surface area (Å²) in [5.74, 6) is 0. The summed E-state index contributed by atoms with van der Waals surface area (Å²) in [6.45, 7) is 6.91. The molecule has 3 nitrogen and oxygen atoms in total. The highest BCUT2D eigenvalue weighted by molar-refractivity contribution is 5.18. The Hall–Kier alpha value is -1.61. The lowest BCUT2D eigenvalue weighted by Gasteiger charge is -2.01. The molecular formula is C14H19N3. The molecule has 0 fully saturated rings. The first-order valence-electron chi connectivity index (χ1n) is 6.07. The maximum atomic E-state index is 4.54. The number of aromatic nitrogens is 2. The zero-order valence-corrected chi connectivity index (χ0v) is 10.5. The molecule has 2 aromatic rings. The average molecular weight is 229 g/mol. The van der Waals surface area contributed by atoms with Crippen molar-refractivity contribution in [3.05, 3.63) is 53.3 Å². The van der Waals surface area contributed by atoms with E-state index in [9.17, 15) is 0 Å². The Balaban J connectivity index is 2.07. The van der Waals surface area contributed by atoms with Gasteiger partial charge in [0.05, 0.1) is 12.2 Å². The molecule has 17 heavy (non-hydrogen) atoms. The molecule has 90 valence electrons. The molecule has 0 radical (unpaired) electrons. The molecular weight excluding hydrogens is 210 g/mol. The molecule has 0 aliphatic rings. The molecule has 0 atom stereocenters. The first-order chi connectivity index (χ1) is 8.29. The minimum absolute atomic E-state index is 0.841. The van der Waals surface area contributed by atoms with Crippen molar-refractivity contribution >= 4 is 0 Å². The number of hydrogen-bond donors (Lipinski definition) is 1. The predicted octanol–water partition coefficient (Wildman–Crippen LogP) is 2.35. The summed E-state index contributed by atoms with van der Waals surface area (Å²) in [7, 11) is 0. The minimum atomic E-state index is 0.841. The van der Waals surface area contributed by atoms with Crippen molar-refractivity contribution in [3.8, 4) is 0 Å². The van der Waals surface area contributed by atoms with E-state index < -0.39 is 0 Å². The van der Waals surface area contributed by atoms with Gasteiger partial charge < -0.3 is 5.32 Å². The van der Waals surface area contributed by atoms with E-state index in [0.717, 1.165) is 25.3 Å². The zero-order valence-electron chi connectivity index (χ0n) is 10.5. The predicted molar refractivity (Wildman–Crippen MR) is 69.9 cm³/mol. The summed E-state index contributed by atoms with van der Waals surface area (Å²) < 4.78 is 2.01. The Kier molecular flexibility index (Phi) is 3.94. The number of hydrogen-bond acceptors (Lipinski definition) is 2. The fourth-order valence-electron chi connectivity index (χ4n) is 1.84. The first kappa shape index (κ1) is 11.9. The summed E-state index contributed by atoms with van der Waals surface area (Å²) in [4.78, 5) is 0. The van der Waals surface area contributed by atoms with E-state index >= 15 is 0 Å². The van der Waals surface area contributed by atoms with Gasteiger partial charge in [-0.05, 0) is 19.0 Å². The minimum Gasteiger partial charge on any atom is -0.313 e. The monoisotopic (exact) mass is 229 g/mol. The van der Waals surface area contributed by atoms with Gasteiger partial charge in [0.2, 0.25) is 0 Å². The van der Waals surface area contributed by atoms with Gasteiger partial charge in [0.15, 0.2) is 0 Å². The summed E-state index contributed by atoms with van der Waals surface area (Å²) in [5, 5.41) is 7.86. The lowest BCUT2D eigenvalue weighted by atomic mass is 10.2. The third-order valence-electron chi connectivity index (χ3n) is 2.80. The van der Waals surface area contributed by atoms with Gasteiger partial charge in [0, 0.05) is 18.3 Å². The van der Waals surface area contributed by atoms with Crippen LogP contribution in [-0.4, -0.2) is 16.3 Å². The van der Waals surface area contributed by atoms with E-state index in [1.165, 1.54) is 11.1 Å². The van der Waals surface area contributed by atoms with Crippen molar-refractivity contribution in [1.29, 1.82) is 0 Å². The van der Waals surface area contributed by atoms with Crippen LogP contribution in [0.15, 0.2) is 36.5 Å². The van der Waals surface area contributed by atoms with Crippen LogP contribution in [0.5, 0.6) is 0 Å². The highest BCUT2D eigenvalue weighted by Crippen LogP contribution is 2.08. The SMILES string of the molecule is CCNCc1cn(Cc2ccccc2)nc1C. The van der Waals surface area contributed by atoms with E-state index in [-0.39, 0.29) is 0 Å². The van der Waals surface area contributed by atoms with Crippen molar-refractivity contribution in [2.24, 2.45) is 0 Å². The molecule has 0 saturated carbocycles. The highest BCUT2D eigenvalue weighted by atomic mass is 15.3. The third kappa shape index (κ3) is 3.17. The van der Waals surface area contributed by atoms with Crippen LogP contribution in [0, 0.1) is 6.92 Å². The van der Waals surface area contributed by atoms with Crippen molar-refractivity contribution < 1.29 is 0 Å². The molecule has 0 aliphatic heterocycles. The van der Waals surface area contributed by atoms with Gasteiger partial charge in [0.25, 0.3) is 0 Å². The average Bonchev–Trinajstić information content (AvgIpc) is 2.68. The molecule has 0 aliphatic carbocycles. The van der Waals surface area contributed by atoms with Crippen LogP contribution in [-0.2, 0) is 13.1 Å². The van der Waals surface area contributed by atoms with Crippen molar-refractivity contribution in [2.45, 2.75) is 26.9 Å². The lowest BCUT2D eigenvalue weighted by Crippen LogP contribution is -2.11. The fourth-order valence-corrected chi connectivity index (χ4v) is 1.84. The van der Waals surface area contributed by atoms with E-state index in [4.69, 9.17) is 0 Å². The Morgan fingerprint density at radius 1 is 1.24 bits per heavy atom. The van der Waals surface area contributed by atoms with Gasteiger partial charge in [-0.3, -0.25) is 4.68 Å². The molecule has 2 rings (SSSR count). The Bertz CT molecular complexity index is 460. The van der Waals surface area contributed by atoms with Gasteiger partial charge in [-0.2, -0.15) is 5.10 Å². The van der Waals surface area contributed by atoms with Crippen molar-refractivity contribution in [3.63, 3.8) is 0 Å². The smallest absolute Gasteiger partial charge is 0.0659 e. The number of rotatable bonds is 5. The van der Waals surface area contributed by atoms with Crippen LogP contribution in [0.25, 0.3) is 0 Å². The first-order valence-corrected chi connectivity index (χ1v) is 6.07. The van der Waals surface area contributed by atoms with E-state index in [1.54, 1.807) is 0 Å². The second-order valence-electron chi connectivity index (χ2n) is 4.20. The summed E-state index contributed by atoms with van der Waals surface area (Å²) in [6.07, 6.45) is 2.13. The Morgan fingerprint density at radius 3 is 2.71 bits per heavy atom. The van der Waals surface area contributed by atoms with E-state index in [0.29, 0.717) is 0 Å². The molecule has 3 heteroatoms. The second-order valence-corrected chi connectivity index (χ2v) is 4.20. The van der Waals surface area contributed by atoms with Gasteiger partial charge in [0.1, 0.15) is 0 Å². The number of benzene rings is 1. The summed E-state index contributed by atoms with van der Waals surface area (Å²) >= 11 is 0. The van der Waals surface area contributed by atoms with Crippen LogP contribution >= 0.6 is 0 Å². The number of nitrogens with one attached hydrogen (secondary N) is 1. The van der Waals surface area contributed by atoms with Gasteiger partial charge >= 0.3 is 0 Å². The quantitative estimate of drug-likeness (QED) is 0.853. The Morgan fingerprint density at radius 2 is 2.00 bits per heavy atom. The fraction of sp³-hybridized carbons (Fsp3) is 0.357. The Labute approximate surface area is 102 Å². The molecule has 1 heterocycles. The number of aryl methyl sites for hydroxylation is 1. The van der Waals surface area contributed by atoms with Crippen LogP contribution in [0.4, 0.5) is 0 Å². The van der Waals surface area contributed by atoms with Crippen molar-refractivity contribution in [1.82, 2.24) is 15.1 Å². The van der Waals surface area contributed by atoms with Gasteiger partial charge in [-0.1, -0.05) is 37.3 Å². The van der Waals surface area contributed by atoms with Gasteiger partial charge in [-0.15, -0.1) is 0 Å². The van der Waals surface area contributed by atoms with Crippen LogP contribution < -0.4 is 5.32 Å². The normalized spacial score (nSPS) is 10.7. The molecule has 0 bridgehead atoms. The molecule has 0 amide bonds. The van der Waals surface area contributed by atoms with Crippen LogP contribution in [0.2, 0.25) is 0 Å². The molecule has 0 unspecified atom stereocenters. The molecule has 0 spiro atoms. The van der Waals surface area contributed by atoms with E-state index in [1.807, 2.05) is 10.7 Å². The summed E-state index contributed by atoms with van der Waals surface area (Å²) in [5.41, 5.74) is 3.68. The third-order valence-corrected chi connectivity index (χ3v) is 2.80. The highest BCUT2D eigenvalue weighted by Gasteiger charge is 2.04. The molecule has 1 aromatic heterocycles. The standard InChI is InChI=1S/C14H19N3/c1-3-15-9-14-11-17(16-12(14)2)10-13-7-5-4-6-8-13/h4-8,11,15H,3,9-10H2,1-2H3. The van der Waals surface area contributed by atoms with Crippen LogP contribution in [0.3, 0.4) is 0 Å². The zero-order chi connectivity index (χ0) is 12.1. The lowest BCUT2D eigenvalue weighted by molar-refractivity contribution is 0.678. The summed E-state index contributed by atoms with van der Waals surface area (Å²) in [6, 6.07) is 10.4. The molecule has 1 N–H and O–H groups in total. The van der Waals surface area contributed by atoms with E-state index in [2.05, 4.69) is 54.7 Å². The largest absolute Gasteiger partial charge is 0.313 e. The maximum Gasteiger partial charge on any atom is 0.0659 e. The van der Waals surface area contributed by atoms with Crippen LogP contribution in [0.1, 0.15) is 23.7 Å². The van der Waals surface area contributed by atoms with Crippen molar-refractivity contribution in [2.75, 3.05) is 6.54 Å². The molecule has 1 aromatic carbocycles. The molecule has 0 saturated heterocycles. The number of nitrogens with zero attached hydrogens (tertiary/aromatic N) is 2. The van der Waals surface area contributed by atoms with Gasteiger partial charge in [-0.25, -0.2) is 0 Å². The topological polar surface area (TPSA) is 29.9 Å².